The van der Waals surface area contributed by atoms with Crippen molar-refractivity contribution in [3.8, 4) is 11.4 Å². The van der Waals surface area contributed by atoms with Gasteiger partial charge in [-0.05, 0) is 59.7 Å². The van der Waals surface area contributed by atoms with E-state index in [-0.39, 0.29) is 12.6 Å². The van der Waals surface area contributed by atoms with Crippen molar-refractivity contribution in [2.75, 3.05) is 7.11 Å². The van der Waals surface area contributed by atoms with Crippen LogP contribution in [-0.4, -0.2) is 33.3 Å². The first kappa shape index (κ1) is 16.6. The molecule has 1 aromatic heterocycles. The zero-order valence-electron chi connectivity index (χ0n) is 14.3. The Balaban J connectivity index is 1.77. The summed E-state index contributed by atoms with van der Waals surface area (Å²) < 4.78 is 12.1. The fourth-order valence-electron chi connectivity index (χ4n) is 2.56. The van der Waals surface area contributed by atoms with E-state index in [0.717, 1.165) is 16.8 Å². The number of esters is 1. The highest BCUT2D eigenvalue weighted by Crippen LogP contribution is 2.20. The zero-order valence-corrected chi connectivity index (χ0v) is 14.3. The topological polar surface area (TPSA) is 79.1 Å². The first-order chi connectivity index (χ1) is 12.1. The fraction of sp³-hybridized carbons (Fsp3) is 0.222. The van der Waals surface area contributed by atoms with E-state index in [9.17, 15) is 4.79 Å². The normalized spacial score (nSPS) is 10.5. The van der Waals surface area contributed by atoms with Crippen molar-refractivity contribution >= 4 is 5.97 Å². The van der Waals surface area contributed by atoms with Crippen LogP contribution >= 0.6 is 0 Å². The van der Waals surface area contributed by atoms with Gasteiger partial charge in [-0.25, -0.2) is 4.79 Å². The minimum Gasteiger partial charge on any atom is -0.486 e. The molecule has 2 aromatic carbocycles. The third kappa shape index (κ3) is 3.50. The molecule has 0 spiro atoms. The lowest BCUT2D eigenvalue weighted by molar-refractivity contribution is 0.0600. The summed E-state index contributed by atoms with van der Waals surface area (Å²) in [6.07, 6.45) is 0. The molecule has 1 heterocycles. The molecule has 0 aliphatic rings. The molecule has 0 radical (unpaired) electrons. The number of nitrogens with zero attached hydrogens (tertiary/aromatic N) is 4. The maximum atomic E-state index is 11.4. The molecule has 0 N–H and O–H groups in total. The van der Waals surface area contributed by atoms with Crippen LogP contribution in [0.2, 0.25) is 0 Å². The van der Waals surface area contributed by atoms with E-state index in [1.54, 1.807) is 28.9 Å². The molecule has 0 aliphatic carbocycles. The summed E-state index contributed by atoms with van der Waals surface area (Å²) in [4.78, 5) is 11.4. The van der Waals surface area contributed by atoms with Crippen LogP contribution < -0.4 is 4.74 Å². The van der Waals surface area contributed by atoms with Crippen LogP contribution in [0.4, 0.5) is 0 Å². The Hall–Kier alpha value is -3.22. The molecule has 0 saturated carbocycles. The Labute approximate surface area is 145 Å². The smallest absolute Gasteiger partial charge is 0.337 e. The lowest BCUT2D eigenvalue weighted by atomic mass is 10.1. The highest BCUT2D eigenvalue weighted by Gasteiger charge is 2.13. The van der Waals surface area contributed by atoms with Crippen molar-refractivity contribution in [3.05, 3.63) is 65.0 Å². The molecule has 7 nitrogen and oxygen atoms in total. The number of rotatable bonds is 5. The molecule has 3 rings (SSSR count). The summed E-state index contributed by atoms with van der Waals surface area (Å²) in [5.41, 5.74) is 3.58. The van der Waals surface area contributed by atoms with E-state index < -0.39 is 0 Å². The number of tetrazole rings is 1. The van der Waals surface area contributed by atoms with Gasteiger partial charge in [0.25, 0.3) is 0 Å². The fourth-order valence-corrected chi connectivity index (χ4v) is 2.56. The Kier molecular flexibility index (Phi) is 4.74. The molecular weight excluding hydrogens is 320 g/mol. The molecule has 0 unspecified atom stereocenters. The lowest BCUT2D eigenvalue weighted by Gasteiger charge is -2.11. The number of hydrogen-bond acceptors (Lipinski definition) is 6. The number of aryl methyl sites for hydroxylation is 2. The average molecular weight is 338 g/mol. The molecule has 0 bridgehead atoms. The zero-order chi connectivity index (χ0) is 17.8. The van der Waals surface area contributed by atoms with Gasteiger partial charge in [-0.2, -0.15) is 4.68 Å². The number of aromatic nitrogens is 4. The number of para-hydroxylation sites is 1. The molecule has 0 atom stereocenters. The molecule has 0 saturated heterocycles. The van der Waals surface area contributed by atoms with Crippen molar-refractivity contribution in [2.45, 2.75) is 20.5 Å². The van der Waals surface area contributed by atoms with Crippen LogP contribution in [0.3, 0.4) is 0 Å². The first-order valence-electron chi connectivity index (χ1n) is 7.75. The number of hydrogen-bond donors (Lipinski definition) is 0. The van der Waals surface area contributed by atoms with Gasteiger partial charge in [0.15, 0.2) is 5.82 Å². The summed E-state index contributed by atoms with van der Waals surface area (Å²) in [7, 11) is 1.35. The summed E-state index contributed by atoms with van der Waals surface area (Å²) in [5.74, 6) is 0.823. The number of methoxy groups -OCH3 is 1. The Bertz CT molecular complexity index is 867. The maximum Gasteiger partial charge on any atom is 0.337 e. The van der Waals surface area contributed by atoms with E-state index in [0.29, 0.717) is 17.1 Å². The molecule has 25 heavy (non-hydrogen) atoms. The summed E-state index contributed by atoms with van der Waals surface area (Å²) in [6.45, 7) is 4.23. The highest BCUT2D eigenvalue weighted by molar-refractivity contribution is 5.89. The van der Waals surface area contributed by atoms with Crippen molar-refractivity contribution in [1.29, 1.82) is 0 Å². The van der Waals surface area contributed by atoms with Crippen LogP contribution in [0.5, 0.6) is 5.75 Å². The predicted octanol–water partition coefficient (Wildman–Crippen LogP) is 2.64. The largest absolute Gasteiger partial charge is 0.486 e. The van der Waals surface area contributed by atoms with Crippen molar-refractivity contribution in [1.82, 2.24) is 20.2 Å². The van der Waals surface area contributed by atoms with Crippen molar-refractivity contribution < 1.29 is 14.3 Å². The van der Waals surface area contributed by atoms with Gasteiger partial charge >= 0.3 is 5.97 Å². The summed E-state index contributed by atoms with van der Waals surface area (Å²) in [5, 5.41) is 11.9. The quantitative estimate of drug-likeness (QED) is 0.666. The molecule has 0 amide bonds. The van der Waals surface area contributed by atoms with Gasteiger partial charge in [-0.15, -0.1) is 5.10 Å². The summed E-state index contributed by atoms with van der Waals surface area (Å²) >= 11 is 0. The van der Waals surface area contributed by atoms with Crippen LogP contribution in [0.25, 0.3) is 5.69 Å². The molecule has 0 fully saturated rings. The third-order valence-corrected chi connectivity index (χ3v) is 3.83. The van der Waals surface area contributed by atoms with Crippen LogP contribution in [0, 0.1) is 13.8 Å². The van der Waals surface area contributed by atoms with Crippen LogP contribution in [0.15, 0.2) is 42.5 Å². The number of ether oxygens (including phenoxy) is 2. The highest BCUT2D eigenvalue weighted by atomic mass is 16.5. The summed E-state index contributed by atoms with van der Waals surface area (Å²) in [6, 6.07) is 12.7. The minimum atomic E-state index is -0.384. The minimum absolute atomic E-state index is 0.207. The maximum absolute atomic E-state index is 11.4. The SMILES string of the molecule is COC(=O)c1ccc(OCc2nnnn2-c2c(C)cccc2C)cc1. The van der Waals surface area contributed by atoms with Gasteiger partial charge in [0.1, 0.15) is 12.4 Å². The van der Waals surface area contributed by atoms with E-state index in [2.05, 4.69) is 20.3 Å². The molecular formula is C18H18N4O3. The van der Waals surface area contributed by atoms with Gasteiger partial charge in [-0.3, -0.25) is 0 Å². The molecule has 128 valence electrons. The monoisotopic (exact) mass is 338 g/mol. The van der Waals surface area contributed by atoms with Gasteiger partial charge < -0.3 is 9.47 Å². The van der Waals surface area contributed by atoms with Crippen LogP contribution in [0.1, 0.15) is 27.3 Å². The predicted molar refractivity (Wildman–Crippen MR) is 90.7 cm³/mol. The number of benzene rings is 2. The van der Waals surface area contributed by atoms with Gasteiger partial charge in [0.05, 0.1) is 18.4 Å². The third-order valence-electron chi connectivity index (χ3n) is 3.83. The van der Waals surface area contributed by atoms with Gasteiger partial charge in [0.2, 0.25) is 0 Å². The van der Waals surface area contributed by atoms with E-state index in [1.165, 1.54) is 7.11 Å². The van der Waals surface area contributed by atoms with Crippen molar-refractivity contribution in [2.24, 2.45) is 0 Å². The van der Waals surface area contributed by atoms with Crippen LogP contribution in [-0.2, 0) is 11.3 Å². The van der Waals surface area contributed by atoms with E-state index in [4.69, 9.17) is 4.74 Å². The Morgan fingerprint density at radius 1 is 1.08 bits per heavy atom. The van der Waals surface area contributed by atoms with Gasteiger partial charge in [-0.1, -0.05) is 18.2 Å². The second kappa shape index (κ2) is 7.12. The Morgan fingerprint density at radius 3 is 2.40 bits per heavy atom. The molecule has 0 aliphatic heterocycles. The van der Waals surface area contributed by atoms with E-state index in [1.807, 2.05) is 32.0 Å². The van der Waals surface area contributed by atoms with E-state index >= 15 is 0 Å². The molecule has 7 heteroatoms. The number of carbonyl (C=O) groups excluding carboxylic acids is 1. The Morgan fingerprint density at radius 2 is 1.76 bits per heavy atom. The lowest BCUT2D eigenvalue weighted by Crippen LogP contribution is -2.09. The van der Waals surface area contributed by atoms with Crippen molar-refractivity contribution in [3.63, 3.8) is 0 Å². The standard InChI is InChI=1S/C18H18N4O3/c1-12-5-4-6-13(2)17(12)22-16(19-20-21-22)11-25-15-9-7-14(8-10-15)18(23)24-3/h4-10H,11H2,1-3H3. The number of carbonyl (C=O) groups is 1. The van der Waals surface area contributed by atoms with Gasteiger partial charge in [0, 0.05) is 0 Å². The second-order valence-corrected chi connectivity index (χ2v) is 5.55. The average Bonchev–Trinajstić information content (AvgIpc) is 3.08. The second-order valence-electron chi connectivity index (χ2n) is 5.55. The molecule has 3 aromatic rings. The first-order valence-corrected chi connectivity index (χ1v) is 7.75.